The molecule has 1 amide bonds. The van der Waals surface area contributed by atoms with Gasteiger partial charge >= 0.3 is 5.97 Å². The molecule has 63 heavy (non-hydrogen) atoms. The SMILES string of the molecule is CC(C)NC(=O)c1sc2nc(-c3cccc4ccccc34)cc(-c3ccccc3)c2c1N.CCOC(=O)c1sc2nc(-c3cccc4ccccc34)cc(-c3ccccc3)c2c1N. The first-order valence-electron chi connectivity index (χ1n) is 20.7. The van der Waals surface area contributed by atoms with E-state index >= 15 is 0 Å². The molecule has 0 fully saturated rings. The van der Waals surface area contributed by atoms with Crippen LogP contribution in [0.1, 0.15) is 40.1 Å². The first-order valence-corrected chi connectivity index (χ1v) is 22.3. The first kappa shape index (κ1) is 41.0. The molecule has 0 spiro atoms. The summed E-state index contributed by atoms with van der Waals surface area (Å²) < 4.78 is 5.22. The molecule has 10 rings (SSSR count). The largest absolute Gasteiger partial charge is 0.462 e. The summed E-state index contributed by atoms with van der Waals surface area (Å²) in [6.07, 6.45) is 0. The number of carbonyl (C=O) groups is 2. The summed E-state index contributed by atoms with van der Waals surface area (Å²) >= 11 is 2.63. The zero-order valence-corrected chi connectivity index (χ0v) is 36.5. The molecule has 310 valence electrons. The number of hydrogen-bond acceptors (Lipinski definition) is 9. The topological polar surface area (TPSA) is 133 Å². The Balaban J connectivity index is 0.000000160. The van der Waals surface area contributed by atoms with E-state index in [4.69, 9.17) is 26.2 Å². The summed E-state index contributed by atoms with van der Waals surface area (Å²) in [7, 11) is 0. The van der Waals surface area contributed by atoms with Gasteiger partial charge in [0.25, 0.3) is 5.91 Å². The van der Waals surface area contributed by atoms with E-state index < -0.39 is 5.97 Å². The minimum atomic E-state index is -0.409. The Labute approximate surface area is 372 Å². The molecule has 0 saturated carbocycles. The van der Waals surface area contributed by atoms with Crippen LogP contribution in [-0.2, 0) is 4.74 Å². The van der Waals surface area contributed by atoms with Crippen LogP contribution in [0.3, 0.4) is 0 Å². The van der Waals surface area contributed by atoms with Crippen molar-refractivity contribution in [3.63, 3.8) is 0 Å². The van der Waals surface area contributed by atoms with Gasteiger partial charge < -0.3 is 21.5 Å². The highest BCUT2D eigenvalue weighted by atomic mass is 32.1. The van der Waals surface area contributed by atoms with Gasteiger partial charge in [0.1, 0.15) is 19.4 Å². The number of pyridine rings is 2. The molecule has 4 aromatic heterocycles. The van der Waals surface area contributed by atoms with Crippen molar-refractivity contribution in [3.8, 4) is 44.8 Å². The van der Waals surface area contributed by atoms with Crippen molar-refractivity contribution < 1.29 is 14.3 Å². The molecular weight excluding hydrogens is 819 g/mol. The highest BCUT2D eigenvalue weighted by Crippen LogP contribution is 2.44. The van der Waals surface area contributed by atoms with Crippen LogP contribution in [0, 0.1) is 0 Å². The minimum Gasteiger partial charge on any atom is -0.462 e. The van der Waals surface area contributed by atoms with Crippen molar-refractivity contribution >= 4 is 87.9 Å². The second kappa shape index (κ2) is 17.5. The summed E-state index contributed by atoms with van der Waals surface area (Å²) in [5, 5.41) is 9.17. The van der Waals surface area contributed by atoms with Crippen molar-refractivity contribution in [3.05, 3.63) is 167 Å². The third kappa shape index (κ3) is 7.98. The number of aromatic nitrogens is 2. The van der Waals surface area contributed by atoms with E-state index in [1.54, 1.807) is 6.92 Å². The average molecular weight is 862 g/mol. The molecule has 0 aliphatic heterocycles. The van der Waals surface area contributed by atoms with Crippen molar-refractivity contribution in [1.82, 2.24) is 15.3 Å². The number of fused-ring (bicyclic) bond motifs is 4. The van der Waals surface area contributed by atoms with Crippen LogP contribution in [0.25, 0.3) is 86.7 Å². The number of hydrogen-bond donors (Lipinski definition) is 3. The average Bonchev–Trinajstić information content (AvgIpc) is 3.84. The van der Waals surface area contributed by atoms with Gasteiger partial charge in [0.15, 0.2) is 0 Å². The van der Waals surface area contributed by atoms with Crippen LogP contribution in [0.4, 0.5) is 11.4 Å². The minimum absolute atomic E-state index is 0.0277. The fourth-order valence-electron chi connectivity index (χ4n) is 7.95. The fraction of sp³-hybridized carbons (Fsp3) is 0.0943. The maximum absolute atomic E-state index is 12.8. The zero-order chi connectivity index (χ0) is 43.6. The van der Waals surface area contributed by atoms with E-state index in [-0.39, 0.29) is 11.9 Å². The molecule has 5 N–H and O–H groups in total. The number of amides is 1. The Morgan fingerprint density at radius 1 is 0.571 bits per heavy atom. The van der Waals surface area contributed by atoms with Crippen LogP contribution in [0.2, 0.25) is 0 Å². The monoisotopic (exact) mass is 861 g/mol. The Morgan fingerprint density at radius 3 is 1.48 bits per heavy atom. The number of nitrogens with one attached hydrogen (secondary N) is 1. The van der Waals surface area contributed by atoms with Gasteiger partial charge in [-0.3, -0.25) is 4.79 Å². The summed E-state index contributed by atoms with van der Waals surface area (Å²) in [4.78, 5) is 37.6. The standard InChI is InChI=1S/C27H23N3OS.C26H20N2O2S/c1-16(2)29-26(31)25-24(28)23-21(18-9-4-3-5-10-18)15-22(30-27(23)32-25)20-14-8-12-17-11-6-7-13-19(17)20;1-2-30-26(29)24-23(27)22-20(17-9-4-3-5-10-17)15-21(28-25(22)31-24)19-14-8-12-16-11-6-7-13-18(16)19/h3-16H,28H2,1-2H3,(H,29,31);3-15H,2,27H2,1H3. The Morgan fingerprint density at radius 2 is 1.00 bits per heavy atom. The Bertz CT molecular complexity index is 3310. The lowest BCUT2D eigenvalue weighted by Gasteiger charge is -2.11. The van der Waals surface area contributed by atoms with E-state index in [1.807, 2.05) is 92.7 Å². The number of rotatable bonds is 8. The molecule has 0 atom stereocenters. The third-order valence-electron chi connectivity index (χ3n) is 10.8. The Kier molecular flexibility index (Phi) is 11.4. The van der Waals surface area contributed by atoms with Crippen molar-refractivity contribution in [2.24, 2.45) is 0 Å². The lowest BCUT2D eigenvalue weighted by Crippen LogP contribution is -2.29. The van der Waals surface area contributed by atoms with Crippen LogP contribution >= 0.6 is 22.7 Å². The second-order valence-corrected chi connectivity index (χ2v) is 17.3. The number of carbonyl (C=O) groups excluding carboxylic acids is 2. The number of esters is 1. The van der Waals surface area contributed by atoms with E-state index in [2.05, 4.69) is 84.2 Å². The number of benzene rings is 6. The molecule has 10 heteroatoms. The first-order chi connectivity index (χ1) is 30.7. The molecule has 6 aromatic carbocycles. The van der Waals surface area contributed by atoms with E-state index in [0.717, 1.165) is 86.7 Å². The molecule has 10 aromatic rings. The van der Waals surface area contributed by atoms with E-state index in [1.165, 1.54) is 22.7 Å². The van der Waals surface area contributed by atoms with Crippen LogP contribution in [-0.4, -0.2) is 34.5 Å². The van der Waals surface area contributed by atoms with Gasteiger partial charge in [-0.2, -0.15) is 0 Å². The highest BCUT2D eigenvalue weighted by Gasteiger charge is 2.24. The number of anilines is 2. The highest BCUT2D eigenvalue weighted by molar-refractivity contribution is 7.21. The molecule has 4 heterocycles. The molecule has 0 saturated heterocycles. The molecule has 8 nitrogen and oxygen atoms in total. The van der Waals surface area contributed by atoms with Crippen molar-refractivity contribution in [2.45, 2.75) is 26.8 Å². The predicted molar refractivity (Wildman–Crippen MR) is 263 cm³/mol. The van der Waals surface area contributed by atoms with Crippen molar-refractivity contribution in [1.29, 1.82) is 0 Å². The van der Waals surface area contributed by atoms with Crippen LogP contribution in [0.5, 0.6) is 0 Å². The maximum atomic E-state index is 12.8. The number of nitrogens with two attached hydrogens (primary N) is 2. The van der Waals surface area contributed by atoms with Gasteiger partial charge in [-0.05, 0) is 76.7 Å². The number of ether oxygens (including phenoxy) is 1. The fourth-order valence-corrected chi connectivity index (χ4v) is 9.99. The summed E-state index contributed by atoms with van der Waals surface area (Å²) in [5.74, 6) is -0.569. The lowest BCUT2D eigenvalue weighted by molar-refractivity contribution is 0.0533. The van der Waals surface area contributed by atoms with Crippen LogP contribution in [0.15, 0.2) is 158 Å². The van der Waals surface area contributed by atoms with Crippen molar-refractivity contribution in [2.75, 3.05) is 18.1 Å². The zero-order valence-electron chi connectivity index (χ0n) is 34.9. The van der Waals surface area contributed by atoms with Gasteiger partial charge in [0.2, 0.25) is 0 Å². The summed E-state index contributed by atoms with van der Waals surface area (Å²) in [6.45, 7) is 5.96. The summed E-state index contributed by atoms with van der Waals surface area (Å²) in [5.41, 5.74) is 21.7. The molecule has 0 bridgehead atoms. The molecular formula is C53H43N5O3S2. The van der Waals surface area contributed by atoms with Gasteiger partial charge in [-0.25, -0.2) is 14.8 Å². The van der Waals surface area contributed by atoms with E-state index in [0.29, 0.717) is 27.7 Å². The van der Waals surface area contributed by atoms with Gasteiger partial charge in [-0.15, -0.1) is 22.7 Å². The predicted octanol–water partition coefficient (Wildman–Crippen LogP) is 13.0. The molecule has 0 aliphatic carbocycles. The number of thiophene rings is 2. The number of nitrogen functional groups attached to an aromatic ring is 2. The summed E-state index contributed by atoms with van der Waals surface area (Å²) in [6, 6.07) is 53.4. The second-order valence-electron chi connectivity index (χ2n) is 15.3. The molecule has 0 radical (unpaired) electrons. The van der Waals surface area contributed by atoms with Gasteiger partial charge in [-0.1, -0.05) is 146 Å². The molecule has 0 unspecified atom stereocenters. The smallest absolute Gasteiger partial charge is 0.350 e. The van der Waals surface area contributed by atoms with Crippen LogP contribution < -0.4 is 16.8 Å². The normalized spacial score (nSPS) is 11.2. The molecule has 0 aliphatic rings. The maximum Gasteiger partial charge on any atom is 0.350 e. The van der Waals surface area contributed by atoms with Gasteiger partial charge in [0.05, 0.1) is 29.4 Å². The Hall–Kier alpha value is -7.40. The quantitative estimate of drug-likeness (QED) is 0.130. The lowest BCUT2D eigenvalue weighted by atomic mass is 9.97. The van der Waals surface area contributed by atoms with Gasteiger partial charge in [0, 0.05) is 27.9 Å². The number of nitrogens with zero attached hydrogens (tertiary/aromatic N) is 2. The van der Waals surface area contributed by atoms with E-state index in [9.17, 15) is 9.59 Å². The third-order valence-corrected chi connectivity index (χ3v) is 13.0.